The smallest absolute Gasteiger partial charge is 0.223 e. The van der Waals surface area contributed by atoms with E-state index in [4.69, 9.17) is 10.5 Å². The quantitative estimate of drug-likeness (QED) is 0.540. The number of nitrogens with two attached hydrogens (primary N) is 1. The highest BCUT2D eigenvalue weighted by Crippen LogP contribution is 2.12. The van der Waals surface area contributed by atoms with E-state index in [1.807, 2.05) is 6.07 Å². The topological polar surface area (TPSA) is 85.1 Å². The van der Waals surface area contributed by atoms with Crippen molar-refractivity contribution in [2.75, 3.05) is 42.7 Å². The van der Waals surface area contributed by atoms with E-state index in [2.05, 4.69) is 34.4 Å². The van der Waals surface area contributed by atoms with Crippen molar-refractivity contribution in [1.29, 1.82) is 0 Å². The molecule has 1 aromatic rings. The average Bonchev–Trinajstić information content (AvgIpc) is 2.43. The van der Waals surface area contributed by atoms with Gasteiger partial charge in [0.15, 0.2) is 0 Å². The van der Waals surface area contributed by atoms with Crippen LogP contribution in [0.25, 0.3) is 0 Å². The molecule has 0 fully saturated rings. The monoisotopic (exact) mass is 281 g/mol. The van der Waals surface area contributed by atoms with Crippen LogP contribution in [0.1, 0.15) is 39.5 Å². The standard InChI is InChI=1S/C14H27N5O/c1-3-5-9-20-10-6-8-17-13-11-12(16-7-4-2)18-14(15)19-13/h11H,3-10H2,1-2H3,(H4,15,16,17,18,19). The molecule has 6 nitrogen and oxygen atoms in total. The molecule has 0 saturated heterocycles. The van der Waals surface area contributed by atoms with Gasteiger partial charge in [-0.25, -0.2) is 0 Å². The number of ether oxygens (including phenoxy) is 1. The van der Waals surface area contributed by atoms with E-state index in [-0.39, 0.29) is 5.95 Å². The maximum atomic E-state index is 5.69. The van der Waals surface area contributed by atoms with Gasteiger partial charge in [0.1, 0.15) is 11.6 Å². The van der Waals surface area contributed by atoms with Crippen LogP contribution in [0.3, 0.4) is 0 Å². The third-order valence-corrected chi connectivity index (χ3v) is 2.71. The molecule has 4 N–H and O–H groups in total. The van der Waals surface area contributed by atoms with Crippen LogP contribution in [0, 0.1) is 0 Å². The van der Waals surface area contributed by atoms with Crippen LogP contribution in [0.5, 0.6) is 0 Å². The van der Waals surface area contributed by atoms with E-state index in [1.165, 1.54) is 6.42 Å². The summed E-state index contributed by atoms with van der Waals surface area (Å²) >= 11 is 0. The van der Waals surface area contributed by atoms with Gasteiger partial charge in [0.05, 0.1) is 0 Å². The van der Waals surface area contributed by atoms with E-state index >= 15 is 0 Å². The van der Waals surface area contributed by atoms with Crippen LogP contribution in [0.2, 0.25) is 0 Å². The van der Waals surface area contributed by atoms with E-state index < -0.39 is 0 Å². The van der Waals surface area contributed by atoms with Gasteiger partial charge in [-0.2, -0.15) is 9.97 Å². The van der Waals surface area contributed by atoms with Crippen molar-refractivity contribution in [1.82, 2.24) is 9.97 Å². The Morgan fingerprint density at radius 2 is 1.65 bits per heavy atom. The Balaban J connectivity index is 2.26. The zero-order valence-electron chi connectivity index (χ0n) is 12.6. The number of anilines is 3. The lowest BCUT2D eigenvalue weighted by Crippen LogP contribution is -2.10. The van der Waals surface area contributed by atoms with Gasteiger partial charge < -0.3 is 21.1 Å². The van der Waals surface area contributed by atoms with Gasteiger partial charge in [-0.05, 0) is 19.3 Å². The summed E-state index contributed by atoms with van der Waals surface area (Å²) in [6.07, 6.45) is 4.29. The van der Waals surface area contributed by atoms with Crippen molar-refractivity contribution in [3.8, 4) is 0 Å². The first-order valence-corrected chi connectivity index (χ1v) is 7.46. The summed E-state index contributed by atoms with van der Waals surface area (Å²) in [5.41, 5.74) is 5.69. The van der Waals surface area contributed by atoms with Crippen LogP contribution < -0.4 is 16.4 Å². The summed E-state index contributed by atoms with van der Waals surface area (Å²) in [6, 6.07) is 1.88. The minimum absolute atomic E-state index is 0.285. The Kier molecular flexibility index (Phi) is 8.46. The van der Waals surface area contributed by atoms with Crippen molar-refractivity contribution in [3.05, 3.63) is 6.07 Å². The highest BCUT2D eigenvalue weighted by Gasteiger charge is 2.01. The fraction of sp³-hybridized carbons (Fsp3) is 0.714. The third kappa shape index (κ3) is 7.13. The molecular weight excluding hydrogens is 254 g/mol. The fourth-order valence-corrected chi connectivity index (χ4v) is 1.64. The van der Waals surface area contributed by atoms with Crippen LogP contribution >= 0.6 is 0 Å². The lowest BCUT2D eigenvalue weighted by Gasteiger charge is -2.09. The fourth-order valence-electron chi connectivity index (χ4n) is 1.64. The van der Waals surface area contributed by atoms with Gasteiger partial charge in [0, 0.05) is 32.4 Å². The predicted molar refractivity (Wildman–Crippen MR) is 84.1 cm³/mol. The lowest BCUT2D eigenvalue weighted by atomic mass is 10.3. The van der Waals surface area contributed by atoms with Crippen molar-refractivity contribution >= 4 is 17.6 Å². The number of aromatic nitrogens is 2. The first-order valence-electron chi connectivity index (χ1n) is 7.46. The highest BCUT2D eigenvalue weighted by molar-refractivity contribution is 5.50. The predicted octanol–water partition coefficient (Wildman–Crippen LogP) is 2.50. The molecule has 0 atom stereocenters. The summed E-state index contributed by atoms with van der Waals surface area (Å²) in [4.78, 5) is 8.30. The molecule has 0 spiro atoms. The molecule has 0 aliphatic rings. The Labute approximate surface area is 121 Å². The second-order valence-corrected chi connectivity index (χ2v) is 4.67. The van der Waals surface area contributed by atoms with E-state index in [9.17, 15) is 0 Å². The molecule has 0 unspecified atom stereocenters. The molecule has 0 amide bonds. The van der Waals surface area contributed by atoms with E-state index in [0.717, 1.165) is 57.2 Å². The summed E-state index contributed by atoms with van der Waals surface area (Å²) in [6.45, 7) is 7.58. The number of hydrogen-bond donors (Lipinski definition) is 3. The average molecular weight is 281 g/mol. The molecule has 0 bridgehead atoms. The zero-order chi connectivity index (χ0) is 14.6. The molecule has 0 saturated carbocycles. The maximum Gasteiger partial charge on any atom is 0.223 e. The lowest BCUT2D eigenvalue weighted by molar-refractivity contribution is 0.131. The van der Waals surface area contributed by atoms with E-state index in [1.54, 1.807) is 0 Å². The van der Waals surface area contributed by atoms with Gasteiger partial charge in [-0.1, -0.05) is 20.3 Å². The second-order valence-electron chi connectivity index (χ2n) is 4.67. The van der Waals surface area contributed by atoms with Crippen LogP contribution in [-0.2, 0) is 4.74 Å². The highest BCUT2D eigenvalue weighted by atomic mass is 16.5. The normalized spacial score (nSPS) is 10.5. The Bertz CT molecular complexity index is 373. The van der Waals surface area contributed by atoms with Gasteiger partial charge in [0.2, 0.25) is 5.95 Å². The summed E-state index contributed by atoms with van der Waals surface area (Å²) in [5, 5.41) is 6.45. The number of hydrogen-bond acceptors (Lipinski definition) is 6. The molecule has 1 heterocycles. The minimum Gasteiger partial charge on any atom is -0.381 e. The summed E-state index contributed by atoms with van der Waals surface area (Å²) in [7, 11) is 0. The van der Waals surface area contributed by atoms with Crippen molar-refractivity contribution < 1.29 is 4.74 Å². The zero-order valence-corrected chi connectivity index (χ0v) is 12.6. The second kappa shape index (κ2) is 10.3. The van der Waals surface area contributed by atoms with Gasteiger partial charge >= 0.3 is 0 Å². The van der Waals surface area contributed by atoms with Gasteiger partial charge in [-0.15, -0.1) is 0 Å². The van der Waals surface area contributed by atoms with E-state index in [0.29, 0.717) is 0 Å². The van der Waals surface area contributed by atoms with Crippen LogP contribution in [0.4, 0.5) is 17.6 Å². The van der Waals surface area contributed by atoms with Crippen LogP contribution in [-0.4, -0.2) is 36.3 Å². The molecule has 1 rings (SSSR count). The van der Waals surface area contributed by atoms with Gasteiger partial charge in [-0.3, -0.25) is 0 Å². The van der Waals surface area contributed by atoms with Gasteiger partial charge in [0.25, 0.3) is 0 Å². The number of rotatable bonds is 11. The number of nitrogens with zero attached hydrogens (tertiary/aromatic N) is 2. The summed E-state index contributed by atoms with van der Waals surface area (Å²) in [5.74, 6) is 1.80. The maximum absolute atomic E-state index is 5.69. The number of unbranched alkanes of at least 4 members (excludes halogenated alkanes) is 1. The van der Waals surface area contributed by atoms with Crippen molar-refractivity contribution in [3.63, 3.8) is 0 Å². The molecule has 0 aromatic carbocycles. The minimum atomic E-state index is 0.285. The molecule has 0 radical (unpaired) electrons. The number of nitrogens with one attached hydrogen (secondary N) is 2. The van der Waals surface area contributed by atoms with Crippen molar-refractivity contribution in [2.45, 2.75) is 39.5 Å². The molecule has 0 aliphatic carbocycles. The molecule has 1 aromatic heterocycles. The SMILES string of the molecule is CCCCOCCCNc1cc(NCCC)nc(N)n1. The number of nitrogen functional groups attached to an aromatic ring is 1. The largest absolute Gasteiger partial charge is 0.381 e. The van der Waals surface area contributed by atoms with Crippen LogP contribution in [0.15, 0.2) is 6.07 Å². The first kappa shape index (κ1) is 16.5. The Hall–Kier alpha value is -1.56. The third-order valence-electron chi connectivity index (χ3n) is 2.71. The molecular formula is C14H27N5O. The molecule has 6 heteroatoms. The van der Waals surface area contributed by atoms with Crippen molar-refractivity contribution in [2.24, 2.45) is 0 Å². The Morgan fingerprint density at radius 3 is 2.30 bits per heavy atom. The summed E-state index contributed by atoms with van der Waals surface area (Å²) < 4.78 is 5.50. The molecule has 0 aliphatic heterocycles. The molecule has 20 heavy (non-hydrogen) atoms. The first-order chi connectivity index (χ1) is 9.76. The molecule has 114 valence electrons. The Morgan fingerprint density at radius 1 is 1.00 bits per heavy atom.